The van der Waals surface area contributed by atoms with Crippen LogP contribution in [0.2, 0.25) is 5.02 Å². The zero-order valence-corrected chi connectivity index (χ0v) is 16.5. The van der Waals surface area contributed by atoms with E-state index in [1.807, 2.05) is 31.2 Å². The van der Waals surface area contributed by atoms with Gasteiger partial charge in [0.1, 0.15) is 0 Å². The first-order chi connectivity index (χ1) is 12.3. The Morgan fingerprint density at radius 3 is 2.15 bits per heavy atom. The molecule has 1 heterocycles. The summed E-state index contributed by atoms with van der Waals surface area (Å²) in [5, 5.41) is 2.25. The number of rotatable bonds is 4. The second kappa shape index (κ2) is 7.92. The highest BCUT2D eigenvalue weighted by atomic mass is 35.5. The molecular weight excluding hydrogens is 370 g/mol. The number of hydrogen-bond donors (Lipinski definition) is 0. The van der Waals surface area contributed by atoms with E-state index < -0.39 is 10.1 Å². The number of halogens is 1. The summed E-state index contributed by atoms with van der Waals surface area (Å²) in [7, 11) is -3.78. The molecule has 0 aromatic heterocycles. The van der Waals surface area contributed by atoms with Gasteiger partial charge in [-0.25, -0.2) is 0 Å². The van der Waals surface area contributed by atoms with Gasteiger partial charge in [0.2, 0.25) is 0 Å². The third kappa shape index (κ3) is 4.54. The number of nitrogens with zero attached hydrogens (tertiary/aromatic N) is 1. The van der Waals surface area contributed by atoms with Crippen molar-refractivity contribution in [2.24, 2.45) is 0 Å². The van der Waals surface area contributed by atoms with Crippen molar-refractivity contribution in [2.75, 3.05) is 13.1 Å². The van der Waals surface area contributed by atoms with E-state index in [-0.39, 0.29) is 4.90 Å². The predicted octanol–water partition coefficient (Wildman–Crippen LogP) is 4.84. The number of hydrogen-bond acceptors (Lipinski definition) is 4. The lowest BCUT2D eigenvalue weighted by Gasteiger charge is -2.28. The van der Waals surface area contributed by atoms with E-state index in [9.17, 15) is 8.42 Å². The molecule has 0 aliphatic carbocycles. The van der Waals surface area contributed by atoms with Crippen molar-refractivity contribution in [3.8, 4) is 0 Å². The van der Waals surface area contributed by atoms with Crippen molar-refractivity contribution in [1.82, 2.24) is 5.06 Å². The fraction of sp³-hybridized carbons (Fsp3) is 0.300. The highest BCUT2D eigenvalue weighted by Gasteiger charge is 2.24. The number of aryl methyl sites for hydroxylation is 1. The maximum Gasteiger partial charge on any atom is 0.313 e. The summed E-state index contributed by atoms with van der Waals surface area (Å²) in [4.78, 5) is 0.182. The van der Waals surface area contributed by atoms with Gasteiger partial charge in [-0.05, 0) is 62.1 Å². The van der Waals surface area contributed by atoms with Crippen LogP contribution in [0.5, 0.6) is 0 Å². The van der Waals surface area contributed by atoms with Crippen molar-refractivity contribution < 1.29 is 12.7 Å². The minimum atomic E-state index is -3.78. The molecular formula is C20H22ClNO3S. The molecule has 26 heavy (non-hydrogen) atoms. The topological polar surface area (TPSA) is 46.6 Å². The molecule has 1 saturated heterocycles. The maximum atomic E-state index is 12.4. The van der Waals surface area contributed by atoms with Gasteiger partial charge in [-0.15, -0.1) is 0 Å². The largest absolute Gasteiger partial charge is 0.313 e. The summed E-state index contributed by atoms with van der Waals surface area (Å²) >= 11 is 5.95. The fourth-order valence-corrected chi connectivity index (χ4v) is 4.10. The third-order valence-electron chi connectivity index (χ3n) is 4.65. The van der Waals surface area contributed by atoms with Crippen molar-refractivity contribution in [3.63, 3.8) is 0 Å². The molecule has 0 unspecified atom stereocenters. The van der Waals surface area contributed by atoms with Crippen molar-refractivity contribution in [1.29, 1.82) is 0 Å². The average Bonchev–Trinajstić information content (AvgIpc) is 2.62. The van der Waals surface area contributed by atoms with Gasteiger partial charge in [-0.1, -0.05) is 47.0 Å². The lowest BCUT2D eigenvalue weighted by atomic mass is 9.95. The van der Waals surface area contributed by atoms with Gasteiger partial charge in [-0.2, -0.15) is 17.8 Å². The lowest BCUT2D eigenvalue weighted by molar-refractivity contribution is -0.0573. The average molecular weight is 392 g/mol. The molecule has 0 bridgehead atoms. The standard InChI is InChI=1S/C20H22ClNO3S/c1-15-3-9-20(10-4-15)26(23,24)25-22-13-11-18(12-14-22)16(2)17-5-7-19(21)8-6-17/h3-10H,11-14H2,1-2H3. The Bertz CT molecular complexity index is 893. The van der Waals surface area contributed by atoms with Crippen molar-refractivity contribution in [3.05, 3.63) is 70.3 Å². The molecule has 1 aliphatic heterocycles. The fourth-order valence-electron chi connectivity index (χ4n) is 3.00. The van der Waals surface area contributed by atoms with Crippen LogP contribution in [0.25, 0.3) is 5.57 Å². The summed E-state index contributed by atoms with van der Waals surface area (Å²) < 4.78 is 30.1. The van der Waals surface area contributed by atoms with E-state index in [2.05, 4.69) is 6.92 Å². The van der Waals surface area contributed by atoms with Crippen molar-refractivity contribution >= 4 is 27.3 Å². The maximum absolute atomic E-state index is 12.4. The van der Waals surface area contributed by atoms with E-state index in [0.29, 0.717) is 13.1 Å². The predicted molar refractivity (Wildman–Crippen MR) is 104 cm³/mol. The quantitative estimate of drug-likeness (QED) is 0.748. The number of benzene rings is 2. The van der Waals surface area contributed by atoms with Crippen LogP contribution in [-0.2, 0) is 14.4 Å². The molecule has 2 aromatic carbocycles. The van der Waals surface area contributed by atoms with Gasteiger partial charge in [0.15, 0.2) is 0 Å². The zero-order chi connectivity index (χ0) is 18.7. The molecule has 0 saturated carbocycles. The molecule has 1 aliphatic rings. The molecule has 138 valence electrons. The molecule has 0 atom stereocenters. The number of hydroxylamine groups is 2. The molecule has 2 aromatic rings. The van der Waals surface area contributed by atoms with E-state index >= 15 is 0 Å². The second-order valence-corrected chi connectivity index (χ2v) is 8.47. The molecule has 3 rings (SSSR count). The van der Waals surface area contributed by atoms with E-state index in [1.165, 1.54) is 16.2 Å². The first kappa shape index (κ1) is 19.1. The Morgan fingerprint density at radius 1 is 1.00 bits per heavy atom. The van der Waals surface area contributed by atoms with Crippen LogP contribution in [0.15, 0.2) is 59.0 Å². The Kier molecular flexibility index (Phi) is 5.82. The third-order valence-corrected chi connectivity index (χ3v) is 6.16. The molecule has 4 nitrogen and oxygen atoms in total. The normalized spacial score (nSPS) is 15.9. The highest BCUT2D eigenvalue weighted by Crippen LogP contribution is 2.28. The molecule has 0 N–H and O–H groups in total. The van der Waals surface area contributed by atoms with E-state index in [1.54, 1.807) is 24.3 Å². The van der Waals surface area contributed by atoms with Gasteiger partial charge in [0.05, 0.1) is 4.90 Å². The lowest BCUT2D eigenvalue weighted by Crippen LogP contribution is -2.33. The second-order valence-electron chi connectivity index (χ2n) is 6.51. The Labute approximate surface area is 160 Å². The Balaban J connectivity index is 1.65. The van der Waals surface area contributed by atoms with Crippen LogP contribution < -0.4 is 0 Å². The SMILES string of the molecule is CC(=C1CCN(OS(=O)(=O)c2ccc(C)cc2)CC1)c1ccc(Cl)cc1. The monoisotopic (exact) mass is 391 g/mol. The van der Waals surface area contributed by atoms with Gasteiger partial charge in [0.25, 0.3) is 0 Å². The molecule has 0 amide bonds. The summed E-state index contributed by atoms with van der Waals surface area (Å²) in [6, 6.07) is 14.5. The summed E-state index contributed by atoms with van der Waals surface area (Å²) in [5.41, 5.74) is 4.70. The smallest absolute Gasteiger partial charge is 0.192 e. The number of piperidine rings is 1. The Morgan fingerprint density at radius 2 is 1.58 bits per heavy atom. The van der Waals surface area contributed by atoms with Gasteiger partial charge in [0, 0.05) is 18.1 Å². The first-order valence-corrected chi connectivity index (χ1v) is 10.3. The molecule has 6 heteroatoms. The van der Waals surface area contributed by atoms with Crippen LogP contribution in [0.4, 0.5) is 0 Å². The van der Waals surface area contributed by atoms with Crippen LogP contribution in [0.1, 0.15) is 30.9 Å². The van der Waals surface area contributed by atoms with Crippen LogP contribution >= 0.6 is 11.6 Å². The zero-order valence-electron chi connectivity index (χ0n) is 14.9. The van der Waals surface area contributed by atoms with Crippen LogP contribution in [0.3, 0.4) is 0 Å². The summed E-state index contributed by atoms with van der Waals surface area (Å²) in [6.45, 7) is 5.10. The van der Waals surface area contributed by atoms with E-state index in [0.717, 1.165) is 29.0 Å². The van der Waals surface area contributed by atoms with Crippen LogP contribution in [0, 0.1) is 6.92 Å². The molecule has 0 radical (unpaired) electrons. The Hall–Kier alpha value is -1.66. The van der Waals surface area contributed by atoms with Crippen molar-refractivity contribution in [2.45, 2.75) is 31.6 Å². The summed E-state index contributed by atoms with van der Waals surface area (Å²) in [5.74, 6) is 0. The molecule has 0 spiro atoms. The van der Waals surface area contributed by atoms with Gasteiger partial charge >= 0.3 is 10.1 Å². The minimum absolute atomic E-state index is 0.182. The highest BCUT2D eigenvalue weighted by molar-refractivity contribution is 7.86. The van der Waals surface area contributed by atoms with Crippen LogP contribution in [-0.4, -0.2) is 26.6 Å². The number of allylic oxidation sites excluding steroid dienone is 1. The molecule has 1 fully saturated rings. The van der Waals surface area contributed by atoms with E-state index in [4.69, 9.17) is 15.9 Å². The summed E-state index contributed by atoms with van der Waals surface area (Å²) in [6.07, 6.45) is 1.55. The van der Waals surface area contributed by atoms with Gasteiger partial charge in [-0.3, -0.25) is 0 Å². The van der Waals surface area contributed by atoms with Gasteiger partial charge < -0.3 is 0 Å². The first-order valence-electron chi connectivity index (χ1n) is 8.56. The minimum Gasteiger partial charge on any atom is -0.192 e.